The van der Waals surface area contributed by atoms with Crippen molar-refractivity contribution >= 4 is 18.6 Å². The minimum atomic E-state index is -0.342. The minimum Gasteiger partial charge on any atom is -0.469 e. The largest absolute Gasteiger partial charge is 0.469 e. The predicted molar refractivity (Wildman–Crippen MR) is 63.5 cm³/mol. The van der Waals surface area contributed by atoms with Gasteiger partial charge < -0.3 is 4.74 Å². The first-order valence-electron chi connectivity index (χ1n) is 4.94. The van der Waals surface area contributed by atoms with Gasteiger partial charge in [-0.05, 0) is 23.6 Å². The number of thiol groups is 1. The fraction of sp³-hybridized carbons (Fsp3) is 0.333. The fourth-order valence-electron chi connectivity index (χ4n) is 1.56. The average molecular weight is 235 g/mol. The Morgan fingerprint density at radius 1 is 1.56 bits per heavy atom. The summed E-state index contributed by atoms with van der Waals surface area (Å²) in [6.07, 6.45) is 0.844. The third-order valence-corrected chi connectivity index (χ3v) is 2.82. The summed E-state index contributed by atoms with van der Waals surface area (Å²) in [6.45, 7) is 1.96. The summed E-state index contributed by atoms with van der Waals surface area (Å²) in [4.78, 5) is 12.0. The van der Waals surface area contributed by atoms with Gasteiger partial charge in [-0.1, -0.05) is 13.0 Å². The molecule has 0 heterocycles. The van der Waals surface area contributed by atoms with Crippen molar-refractivity contribution in [3.05, 3.63) is 28.8 Å². The molecular formula is C12H13NO2S. The zero-order chi connectivity index (χ0) is 12.1. The molecule has 0 atom stereocenters. The minimum absolute atomic E-state index is 0.125. The van der Waals surface area contributed by atoms with Crippen LogP contribution in [0, 0.1) is 11.3 Å². The fourth-order valence-corrected chi connectivity index (χ4v) is 1.90. The molecule has 0 radical (unpaired) electrons. The molecule has 0 aliphatic carbocycles. The van der Waals surface area contributed by atoms with Crippen LogP contribution in [0.5, 0.6) is 0 Å². The number of hydrogen-bond donors (Lipinski definition) is 1. The molecule has 1 aromatic carbocycles. The predicted octanol–water partition coefficient (Wildman–Crippen LogP) is 2.12. The summed E-state index contributed by atoms with van der Waals surface area (Å²) in [5, 5.41) is 9.10. The van der Waals surface area contributed by atoms with E-state index in [2.05, 4.69) is 23.4 Å². The molecular weight excluding hydrogens is 222 g/mol. The van der Waals surface area contributed by atoms with Gasteiger partial charge in [0.1, 0.15) is 0 Å². The van der Waals surface area contributed by atoms with Gasteiger partial charge in [-0.25, -0.2) is 0 Å². The van der Waals surface area contributed by atoms with E-state index in [-0.39, 0.29) is 12.4 Å². The lowest BCUT2D eigenvalue weighted by Crippen LogP contribution is -2.07. The second-order valence-corrected chi connectivity index (χ2v) is 3.80. The van der Waals surface area contributed by atoms with E-state index in [1.54, 1.807) is 12.1 Å². The van der Waals surface area contributed by atoms with Crippen LogP contribution in [0.15, 0.2) is 17.0 Å². The van der Waals surface area contributed by atoms with E-state index in [0.717, 1.165) is 16.9 Å². The molecule has 0 fully saturated rings. The standard InChI is InChI=1S/C12H13NO2S/c1-3-9-10(7-13)8(4-5-11(9)16)6-12(14)15-2/h4-5,16H,3,6H2,1-2H3. The summed E-state index contributed by atoms with van der Waals surface area (Å²) in [6, 6.07) is 5.68. The number of carbonyl (C=O) groups excluding carboxylic acids is 1. The Kier molecular flexibility index (Phi) is 4.39. The summed E-state index contributed by atoms with van der Waals surface area (Å²) in [5.74, 6) is -0.342. The van der Waals surface area contributed by atoms with Crippen molar-refractivity contribution in [2.45, 2.75) is 24.7 Å². The summed E-state index contributed by atoms with van der Waals surface area (Å²) < 4.78 is 4.59. The van der Waals surface area contributed by atoms with Gasteiger partial charge in [-0.3, -0.25) is 4.79 Å². The maximum atomic E-state index is 11.2. The molecule has 0 spiro atoms. The third-order valence-electron chi connectivity index (χ3n) is 2.40. The van der Waals surface area contributed by atoms with Crippen molar-refractivity contribution in [3.8, 4) is 6.07 Å². The lowest BCUT2D eigenvalue weighted by Gasteiger charge is -2.09. The number of ether oxygens (including phenoxy) is 1. The average Bonchev–Trinajstić information content (AvgIpc) is 2.30. The van der Waals surface area contributed by atoms with Crippen LogP contribution in [0.3, 0.4) is 0 Å². The second kappa shape index (κ2) is 5.57. The number of benzene rings is 1. The molecule has 0 aliphatic rings. The second-order valence-electron chi connectivity index (χ2n) is 3.32. The van der Waals surface area contributed by atoms with Crippen LogP contribution in [0.1, 0.15) is 23.6 Å². The zero-order valence-corrected chi connectivity index (χ0v) is 10.2. The van der Waals surface area contributed by atoms with Crippen LogP contribution in [-0.4, -0.2) is 13.1 Å². The molecule has 3 nitrogen and oxygen atoms in total. The van der Waals surface area contributed by atoms with Gasteiger partial charge in [-0.2, -0.15) is 5.26 Å². The van der Waals surface area contributed by atoms with E-state index >= 15 is 0 Å². The van der Waals surface area contributed by atoms with Crippen LogP contribution < -0.4 is 0 Å². The molecule has 0 N–H and O–H groups in total. The molecule has 4 heteroatoms. The van der Waals surface area contributed by atoms with Gasteiger partial charge in [-0.15, -0.1) is 12.6 Å². The van der Waals surface area contributed by atoms with Gasteiger partial charge in [0.15, 0.2) is 0 Å². The first-order chi connectivity index (χ1) is 7.63. The van der Waals surface area contributed by atoms with Crippen LogP contribution in [0.4, 0.5) is 0 Å². The SMILES string of the molecule is CCc1c(S)ccc(CC(=O)OC)c1C#N. The van der Waals surface area contributed by atoms with E-state index in [1.807, 2.05) is 6.92 Å². The maximum Gasteiger partial charge on any atom is 0.310 e. The Balaban J connectivity index is 3.21. The van der Waals surface area contributed by atoms with Crippen LogP contribution in [0.2, 0.25) is 0 Å². The highest BCUT2D eigenvalue weighted by Gasteiger charge is 2.13. The molecule has 16 heavy (non-hydrogen) atoms. The topological polar surface area (TPSA) is 50.1 Å². The highest BCUT2D eigenvalue weighted by Crippen LogP contribution is 2.22. The lowest BCUT2D eigenvalue weighted by atomic mass is 9.98. The normalized spacial score (nSPS) is 9.62. The van der Waals surface area contributed by atoms with Crippen molar-refractivity contribution in [2.75, 3.05) is 7.11 Å². The third kappa shape index (κ3) is 2.56. The van der Waals surface area contributed by atoms with Crippen LogP contribution in [0.25, 0.3) is 0 Å². The smallest absolute Gasteiger partial charge is 0.310 e. The van der Waals surface area contributed by atoms with E-state index in [1.165, 1.54) is 7.11 Å². The Morgan fingerprint density at radius 3 is 2.75 bits per heavy atom. The van der Waals surface area contributed by atoms with Crippen molar-refractivity contribution in [3.63, 3.8) is 0 Å². The Hall–Kier alpha value is -1.47. The van der Waals surface area contributed by atoms with Gasteiger partial charge in [0.2, 0.25) is 0 Å². The molecule has 1 aromatic rings. The highest BCUT2D eigenvalue weighted by atomic mass is 32.1. The Bertz CT molecular complexity index is 449. The first kappa shape index (κ1) is 12.6. The summed E-state index contributed by atoms with van der Waals surface area (Å²) in [5.41, 5.74) is 2.12. The van der Waals surface area contributed by atoms with Crippen molar-refractivity contribution in [2.24, 2.45) is 0 Å². The van der Waals surface area contributed by atoms with Crippen molar-refractivity contribution in [1.29, 1.82) is 5.26 Å². The van der Waals surface area contributed by atoms with Gasteiger partial charge in [0.05, 0.1) is 25.2 Å². The summed E-state index contributed by atoms with van der Waals surface area (Å²) >= 11 is 4.30. The van der Waals surface area contributed by atoms with Gasteiger partial charge in [0, 0.05) is 4.90 Å². The van der Waals surface area contributed by atoms with E-state index in [9.17, 15) is 4.79 Å². The molecule has 0 aromatic heterocycles. The molecule has 0 saturated carbocycles. The number of nitrogens with zero attached hydrogens (tertiary/aromatic N) is 1. The number of rotatable bonds is 3. The Labute approximate surface area is 100 Å². The number of esters is 1. The van der Waals surface area contributed by atoms with Gasteiger partial charge in [0.25, 0.3) is 0 Å². The first-order valence-corrected chi connectivity index (χ1v) is 5.39. The number of nitriles is 1. The molecule has 84 valence electrons. The molecule has 0 unspecified atom stereocenters. The van der Waals surface area contributed by atoms with Crippen molar-refractivity contribution in [1.82, 2.24) is 0 Å². The van der Waals surface area contributed by atoms with Crippen molar-refractivity contribution < 1.29 is 9.53 Å². The molecule has 0 saturated heterocycles. The quantitative estimate of drug-likeness (QED) is 0.645. The molecule has 0 bridgehead atoms. The van der Waals surface area contributed by atoms with Crippen LogP contribution in [-0.2, 0) is 22.4 Å². The maximum absolute atomic E-state index is 11.2. The number of methoxy groups -OCH3 is 1. The number of hydrogen-bond acceptors (Lipinski definition) is 4. The number of carbonyl (C=O) groups is 1. The van der Waals surface area contributed by atoms with Gasteiger partial charge >= 0.3 is 5.97 Å². The highest BCUT2D eigenvalue weighted by molar-refractivity contribution is 7.80. The molecule has 1 rings (SSSR count). The monoisotopic (exact) mass is 235 g/mol. The van der Waals surface area contributed by atoms with E-state index < -0.39 is 0 Å². The van der Waals surface area contributed by atoms with E-state index in [0.29, 0.717) is 11.1 Å². The summed E-state index contributed by atoms with van der Waals surface area (Å²) in [7, 11) is 1.34. The van der Waals surface area contributed by atoms with Crippen LogP contribution >= 0.6 is 12.6 Å². The zero-order valence-electron chi connectivity index (χ0n) is 9.28. The molecule has 0 amide bonds. The Morgan fingerprint density at radius 2 is 2.25 bits per heavy atom. The van der Waals surface area contributed by atoms with E-state index in [4.69, 9.17) is 5.26 Å². The lowest BCUT2D eigenvalue weighted by molar-refractivity contribution is -0.139. The molecule has 0 aliphatic heterocycles.